The van der Waals surface area contributed by atoms with Crippen LogP contribution in [0.15, 0.2) is 29.2 Å². The van der Waals surface area contributed by atoms with E-state index in [9.17, 15) is 4.79 Å². The molecule has 5 heteroatoms. The number of nitrogens with zero attached hydrogens (tertiary/aromatic N) is 1. The number of fused-ring (bicyclic) bond motifs is 3. The quantitative estimate of drug-likeness (QED) is 0.850. The van der Waals surface area contributed by atoms with Crippen molar-refractivity contribution in [3.63, 3.8) is 0 Å². The van der Waals surface area contributed by atoms with E-state index >= 15 is 0 Å². The predicted molar refractivity (Wildman–Crippen MR) is 82.7 cm³/mol. The van der Waals surface area contributed by atoms with Gasteiger partial charge in [0.25, 0.3) is 0 Å². The number of nitrogens with one attached hydrogen (secondary N) is 2. The molecule has 0 radical (unpaired) electrons. The largest absolute Gasteiger partial charge is 0.344 e. The van der Waals surface area contributed by atoms with Crippen LogP contribution in [0.5, 0.6) is 0 Å². The lowest BCUT2D eigenvalue weighted by Crippen LogP contribution is -2.22. The van der Waals surface area contributed by atoms with E-state index in [4.69, 9.17) is 11.6 Å². The van der Waals surface area contributed by atoms with E-state index in [-0.39, 0.29) is 5.43 Å². The lowest BCUT2D eigenvalue weighted by molar-refractivity contribution is 0.450. The number of aromatic amines is 1. The van der Waals surface area contributed by atoms with Gasteiger partial charge in [0.1, 0.15) is 5.15 Å². The van der Waals surface area contributed by atoms with Gasteiger partial charge in [0.2, 0.25) is 0 Å². The second-order valence-corrected chi connectivity index (χ2v) is 6.28. The molecule has 3 heterocycles. The Hall–Kier alpha value is -1.65. The number of aromatic nitrogens is 2. The van der Waals surface area contributed by atoms with Crippen LogP contribution in [-0.2, 0) is 6.42 Å². The SMILES string of the molecule is O=c1cc(-c2ccc(Cl)[nH]2)ncc2c1CCC1CNC[C@H]21. The van der Waals surface area contributed by atoms with Crippen LogP contribution in [0.4, 0.5) is 0 Å². The first-order chi connectivity index (χ1) is 10.2. The second-order valence-electron chi connectivity index (χ2n) is 5.87. The minimum Gasteiger partial charge on any atom is -0.344 e. The van der Waals surface area contributed by atoms with Crippen LogP contribution in [-0.4, -0.2) is 23.1 Å². The average molecular weight is 302 g/mol. The first-order valence-corrected chi connectivity index (χ1v) is 7.69. The fourth-order valence-electron chi connectivity index (χ4n) is 3.59. The average Bonchev–Trinajstić information content (AvgIpc) is 3.08. The van der Waals surface area contributed by atoms with Crippen molar-refractivity contribution >= 4 is 11.6 Å². The van der Waals surface area contributed by atoms with Crippen LogP contribution in [0.25, 0.3) is 11.4 Å². The number of hydrogen-bond donors (Lipinski definition) is 2. The molecule has 1 saturated heterocycles. The van der Waals surface area contributed by atoms with Crippen LogP contribution >= 0.6 is 11.6 Å². The van der Waals surface area contributed by atoms with E-state index in [1.807, 2.05) is 12.3 Å². The molecule has 4 rings (SSSR count). The summed E-state index contributed by atoms with van der Waals surface area (Å²) in [5, 5.41) is 3.98. The van der Waals surface area contributed by atoms with Crippen LogP contribution in [0, 0.1) is 5.92 Å². The molecule has 2 aliphatic rings. The monoisotopic (exact) mass is 301 g/mol. The van der Waals surface area contributed by atoms with Crippen molar-refractivity contribution in [2.24, 2.45) is 5.92 Å². The van der Waals surface area contributed by atoms with E-state index in [0.717, 1.165) is 42.8 Å². The van der Waals surface area contributed by atoms with Crippen molar-refractivity contribution in [1.82, 2.24) is 15.3 Å². The Morgan fingerprint density at radius 1 is 1.29 bits per heavy atom. The number of H-pyrrole nitrogens is 1. The molecule has 0 saturated carbocycles. The summed E-state index contributed by atoms with van der Waals surface area (Å²) in [4.78, 5) is 20.1. The molecule has 2 aromatic rings. The summed E-state index contributed by atoms with van der Waals surface area (Å²) in [7, 11) is 0. The van der Waals surface area contributed by atoms with Gasteiger partial charge in [-0.25, -0.2) is 0 Å². The Bertz CT molecular complexity index is 755. The lowest BCUT2D eigenvalue weighted by Gasteiger charge is -2.25. The molecule has 2 aromatic heterocycles. The minimum absolute atomic E-state index is 0.0913. The molecule has 1 fully saturated rings. The molecular formula is C16H16ClN3O. The standard InChI is InChI=1S/C16H16ClN3O/c17-16-4-3-13(20-16)14-5-15(21)10-2-1-9-6-18-7-11(9)12(10)8-19-14/h3-5,8-9,11,18,20H,1-2,6-7H2/t9?,11-/m0/s1. The van der Waals surface area contributed by atoms with Gasteiger partial charge in [-0.1, -0.05) is 11.6 Å². The molecule has 108 valence electrons. The van der Waals surface area contributed by atoms with Gasteiger partial charge in [0.15, 0.2) is 5.43 Å². The zero-order valence-electron chi connectivity index (χ0n) is 11.5. The molecule has 4 nitrogen and oxygen atoms in total. The Morgan fingerprint density at radius 2 is 2.19 bits per heavy atom. The van der Waals surface area contributed by atoms with Crippen molar-refractivity contribution < 1.29 is 0 Å². The molecule has 1 aliphatic carbocycles. The Kier molecular flexibility index (Phi) is 3.08. The van der Waals surface area contributed by atoms with Crippen LogP contribution < -0.4 is 10.7 Å². The summed E-state index contributed by atoms with van der Waals surface area (Å²) < 4.78 is 0. The maximum absolute atomic E-state index is 12.5. The van der Waals surface area contributed by atoms with Gasteiger partial charge in [-0.05, 0) is 43.0 Å². The van der Waals surface area contributed by atoms with Crippen LogP contribution in [0.2, 0.25) is 5.15 Å². The third-order valence-electron chi connectivity index (χ3n) is 4.69. The predicted octanol–water partition coefficient (Wildman–Crippen LogP) is 2.34. The fourth-order valence-corrected chi connectivity index (χ4v) is 3.75. The van der Waals surface area contributed by atoms with Crippen LogP contribution in [0.3, 0.4) is 0 Å². The van der Waals surface area contributed by atoms with Crippen molar-refractivity contribution in [1.29, 1.82) is 0 Å². The summed E-state index contributed by atoms with van der Waals surface area (Å²) >= 11 is 5.91. The molecule has 2 atom stereocenters. The maximum Gasteiger partial charge on any atom is 0.184 e. The van der Waals surface area contributed by atoms with Gasteiger partial charge >= 0.3 is 0 Å². The molecule has 21 heavy (non-hydrogen) atoms. The molecule has 0 bridgehead atoms. The zero-order valence-corrected chi connectivity index (χ0v) is 12.3. The van der Waals surface area contributed by atoms with Gasteiger partial charge in [-0.2, -0.15) is 0 Å². The van der Waals surface area contributed by atoms with Gasteiger partial charge in [0.05, 0.1) is 11.4 Å². The lowest BCUT2D eigenvalue weighted by atomic mass is 9.78. The summed E-state index contributed by atoms with van der Waals surface area (Å²) in [5.41, 5.74) is 3.60. The van der Waals surface area contributed by atoms with Crippen molar-refractivity contribution in [2.75, 3.05) is 13.1 Å². The van der Waals surface area contributed by atoms with E-state index in [1.165, 1.54) is 0 Å². The fraction of sp³-hybridized carbons (Fsp3) is 0.375. The molecule has 1 unspecified atom stereocenters. The molecule has 0 spiro atoms. The topological polar surface area (TPSA) is 57.8 Å². The van der Waals surface area contributed by atoms with E-state index in [2.05, 4.69) is 15.3 Å². The van der Waals surface area contributed by atoms with E-state index in [0.29, 0.717) is 22.7 Å². The van der Waals surface area contributed by atoms with Crippen molar-refractivity contribution in [3.05, 3.63) is 50.9 Å². The molecule has 0 aromatic carbocycles. The highest BCUT2D eigenvalue weighted by Gasteiger charge is 2.34. The summed E-state index contributed by atoms with van der Waals surface area (Å²) in [6.07, 6.45) is 3.84. The van der Waals surface area contributed by atoms with Gasteiger partial charge in [0, 0.05) is 30.3 Å². The molecule has 2 N–H and O–H groups in total. The molecule has 0 amide bonds. The molecular weight excluding hydrogens is 286 g/mol. The highest BCUT2D eigenvalue weighted by atomic mass is 35.5. The third kappa shape index (κ3) is 2.19. The van der Waals surface area contributed by atoms with Gasteiger partial charge in [-0.3, -0.25) is 9.78 Å². The summed E-state index contributed by atoms with van der Waals surface area (Å²) in [6.45, 7) is 2.00. The van der Waals surface area contributed by atoms with Crippen molar-refractivity contribution in [2.45, 2.75) is 18.8 Å². The van der Waals surface area contributed by atoms with Gasteiger partial charge in [-0.15, -0.1) is 0 Å². The van der Waals surface area contributed by atoms with Crippen LogP contribution in [0.1, 0.15) is 23.5 Å². The van der Waals surface area contributed by atoms with Gasteiger partial charge < -0.3 is 10.3 Å². The Morgan fingerprint density at radius 3 is 3.00 bits per heavy atom. The minimum atomic E-state index is 0.0913. The van der Waals surface area contributed by atoms with E-state index in [1.54, 1.807) is 12.1 Å². The first-order valence-electron chi connectivity index (χ1n) is 7.31. The maximum atomic E-state index is 12.5. The smallest absolute Gasteiger partial charge is 0.184 e. The summed E-state index contributed by atoms with van der Waals surface area (Å²) in [5.74, 6) is 1.07. The Balaban J connectivity index is 1.86. The highest BCUT2D eigenvalue weighted by molar-refractivity contribution is 6.29. The number of hydrogen-bond acceptors (Lipinski definition) is 3. The van der Waals surface area contributed by atoms with E-state index < -0.39 is 0 Å². The Labute approximate surface area is 127 Å². The number of halogens is 1. The second kappa shape index (κ2) is 4.97. The normalized spacial score (nSPS) is 23.7. The number of rotatable bonds is 1. The highest BCUT2D eigenvalue weighted by Crippen LogP contribution is 2.36. The third-order valence-corrected chi connectivity index (χ3v) is 4.91. The molecule has 1 aliphatic heterocycles. The zero-order chi connectivity index (χ0) is 14.4. The van der Waals surface area contributed by atoms with Crippen molar-refractivity contribution in [3.8, 4) is 11.4 Å². The first kappa shape index (κ1) is 13.0. The summed E-state index contributed by atoms with van der Waals surface area (Å²) in [6, 6.07) is 5.25.